The van der Waals surface area contributed by atoms with Gasteiger partial charge < -0.3 is 0 Å². The molecule has 0 amide bonds. The average molecular weight is 432 g/mol. The molecule has 0 saturated heterocycles. The summed E-state index contributed by atoms with van der Waals surface area (Å²) in [7, 11) is 0. The van der Waals surface area contributed by atoms with E-state index >= 15 is 0 Å². The highest BCUT2D eigenvalue weighted by Gasteiger charge is 2.25. The SMILES string of the molecule is CCCC/C=C/c1c(F)cc(C#Cc2ccc(C3CCC(F)CC3)c(F)c2F)cc1F. The van der Waals surface area contributed by atoms with E-state index < -0.39 is 29.4 Å². The van der Waals surface area contributed by atoms with Crippen LogP contribution in [0.25, 0.3) is 6.08 Å². The fourth-order valence-electron chi connectivity index (χ4n) is 3.82. The number of allylic oxidation sites excluding steroid dienone is 1. The molecular formula is C26H25F5. The molecule has 0 unspecified atom stereocenters. The molecule has 2 aromatic rings. The van der Waals surface area contributed by atoms with Crippen LogP contribution < -0.4 is 0 Å². The van der Waals surface area contributed by atoms with E-state index in [0.717, 1.165) is 31.4 Å². The van der Waals surface area contributed by atoms with Crippen molar-refractivity contribution >= 4 is 6.08 Å². The summed E-state index contributed by atoms with van der Waals surface area (Å²) < 4.78 is 70.9. The topological polar surface area (TPSA) is 0 Å². The molecule has 2 aromatic carbocycles. The molecule has 0 radical (unpaired) electrons. The van der Waals surface area contributed by atoms with E-state index in [1.165, 1.54) is 18.2 Å². The average Bonchev–Trinajstić information content (AvgIpc) is 2.74. The van der Waals surface area contributed by atoms with Gasteiger partial charge in [-0.2, -0.15) is 0 Å². The van der Waals surface area contributed by atoms with Crippen molar-refractivity contribution in [3.63, 3.8) is 0 Å². The van der Waals surface area contributed by atoms with Gasteiger partial charge in [0, 0.05) is 11.1 Å². The van der Waals surface area contributed by atoms with Crippen molar-refractivity contribution in [2.75, 3.05) is 0 Å². The summed E-state index contributed by atoms with van der Waals surface area (Å²) in [6.45, 7) is 2.03. The van der Waals surface area contributed by atoms with Gasteiger partial charge in [0.15, 0.2) is 11.6 Å². The van der Waals surface area contributed by atoms with Crippen LogP contribution in [0.3, 0.4) is 0 Å². The van der Waals surface area contributed by atoms with Crippen LogP contribution in [0.1, 0.15) is 80.0 Å². The zero-order chi connectivity index (χ0) is 22.4. The highest BCUT2D eigenvalue weighted by Crippen LogP contribution is 2.36. The Hall–Kier alpha value is -2.61. The monoisotopic (exact) mass is 432 g/mol. The minimum Gasteiger partial charge on any atom is -0.247 e. The minimum absolute atomic E-state index is 0.0332. The lowest BCUT2D eigenvalue weighted by atomic mass is 9.82. The Morgan fingerprint density at radius 2 is 1.61 bits per heavy atom. The van der Waals surface area contributed by atoms with Crippen LogP contribution in [0.15, 0.2) is 30.3 Å². The fourth-order valence-corrected chi connectivity index (χ4v) is 3.82. The second-order valence-electron chi connectivity index (χ2n) is 7.93. The van der Waals surface area contributed by atoms with Crippen LogP contribution in [0.4, 0.5) is 22.0 Å². The van der Waals surface area contributed by atoms with Crippen molar-refractivity contribution in [3.05, 3.63) is 75.9 Å². The second-order valence-corrected chi connectivity index (χ2v) is 7.93. The molecule has 1 fully saturated rings. The van der Waals surface area contributed by atoms with Crippen LogP contribution in [0.5, 0.6) is 0 Å². The molecule has 0 aliphatic heterocycles. The van der Waals surface area contributed by atoms with Gasteiger partial charge in [0.25, 0.3) is 0 Å². The molecule has 1 saturated carbocycles. The van der Waals surface area contributed by atoms with Gasteiger partial charge >= 0.3 is 0 Å². The first-order valence-electron chi connectivity index (χ1n) is 10.7. The molecule has 0 heterocycles. The largest absolute Gasteiger partial charge is 0.247 e. The van der Waals surface area contributed by atoms with Crippen molar-refractivity contribution < 1.29 is 22.0 Å². The predicted molar refractivity (Wildman–Crippen MR) is 113 cm³/mol. The molecule has 1 aliphatic rings. The lowest BCUT2D eigenvalue weighted by Crippen LogP contribution is -2.15. The van der Waals surface area contributed by atoms with E-state index in [4.69, 9.17) is 0 Å². The number of halogens is 5. The number of benzene rings is 2. The summed E-state index contributed by atoms with van der Waals surface area (Å²) in [5, 5.41) is 0. The molecule has 5 heteroatoms. The molecule has 0 N–H and O–H groups in total. The van der Waals surface area contributed by atoms with Crippen molar-refractivity contribution in [1.82, 2.24) is 0 Å². The molecule has 0 nitrogen and oxygen atoms in total. The quantitative estimate of drug-likeness (QED) is 0.256. The molecule has 31 heavy (non-hydrogen) atoms. The summed E-state index contributed by atoms with van der Waals surface area (Å²) in [6, 6.07) is 4.98. The third-order valence-electron chi connectivity index (χ3n) is 5.64. The van der Waals surface area contributed by atoms with Gasteiger partial charge in [-0.15, -0.1) is 0 Å². The van der Waals surface area contributed by atoms with Crippen LogP contribution in [0, 0.1) is 35.1 Å². The van der Waals surface area contributed by atoms with E-state index in [-0.39, 0.29) is 28.2 Å². The summed E-state index contributed by atoms with van der Waals surface area (Å²) in [6.07, 6.45) is 6.52. The van der Waals surface area contributed by atoms with Crippen LogP contribution in [-0.2, 0) is 0 Å². The van der Waals surface area contributed by atoms with Crippen molar-refractivity contribution in [1.29, 1.82) is 0 Å². The Bertz CT molecular complexity index is 981. The Balaban J connectivity index is 1.80. The number of hydrogen-bond acceptors (Lipinski definition) is 0. The van der Waals surface area contributed by atoms with Gasteiger partial charge in [-0.05, 0) is 61.8 Å². The van der Waals surface area contributed by atoms with Gasteiger partial charge in [0.1, 0.15) is 17.8 Å². The van der Waals surface area contributed by atoms with Crippen LogP contribution >= 0.6 is 0 Å². The third-order valence-corrected chi connectivity index (χ3v) is 5.64. The van der Waals surface area contributed by atoms with Crippen molar-refractivity contribution in [2.24, 2.45) is 0 Å². The van der Waals surface area contributed by atoms with Crippen molar-refractivity contribution in [3.8, 4) is 11.8 Å². The third kappa shape index (κ3) is 5.76. The molecule has 0 bridgehead atoms. The van der Waals surface area contributed by atoms with Gasteiger partial charge in [-0.3, -0.25) is 0 Å². The first-order valence-corrected chi connectivity index (χ1v) is 10.7. The van der Waals surface area contributed by atoms with E-state index in [1.807, 2.05) is 6.92 Å². The van der Waals surface area contributed by atoms with E-state index in [0.29, 0.717) is 25.7 Å². The first kappa shape index (κ1) is 23.1. The minimum atomic E-state index is -1.09. The van der Waals surface area contributed by atoms with E-state index in [1.54, 1.807) is 6.08 Å². The van der Waals surface area contributed by atoms with E-state index in [9.17, 15) is 22.0 Å². The molecular weight excluding hydrogens is 407 g/mol. The molecule has 3 rings (SSSR count). The molecule has 1 aliphatic carbocycles. The second kappa shape index (κ2) is 10.6. The maximum atomic E-state index is 14.6. The van der Waals surface area contributed by atoms with Gasteiger partial charge in [-0.25, -0.2) is 22.0 Å². The predicted octanol–water partition coefficient (Wildman–Crippen LogP) is 7.84. The lowest BCUT2D eigenvalue weighted by molar-refractivity contribution is 0.233. The number of hydrogen-bond donors (Lipinski definition) is 0. The molecule has 164 valence electrons. The normalized spacial score (nSPS) is 18.8. The zero-order valence-electron chi connectivity index (χ0n) is 17.5. The maximum absolute atomic E-state index is 14.6. The summed E-state index contributed by atoms with van der Waals surface area (Å²) in [5.41, 5.74) is -0.0758. The Labute approximate surface area is 180 Å². The van der Waals surface area contributed by atoms with Crippen LogP contribution in [0.2, 0.25) is 0 Å². The number of alkyl halides is 1. The fraction of sp³-hybridized carbons (Fsp3) is 0.385. The zero-order valence-corrected chi connectivity index (χ0v) is 17.5. The summed E-state index contributed by atoms with van der Waals surface area (Å²) in [4.78, 5) is 0. The standard InChI is InChI=1S/C26H25F5/c1-2-3-4-5-6-22-23(28)15-17(16-24(22)29)7-8-19-11-14-21(26(31)25(19)30)18-9-12-20(27)13-10-18/h5-6,11,14-16,18,20H,2-4,9-10,12-13H2,1H3/b6-5+. The van der Waals surface area contributed by atoms with Gasteiger partial charge in [-0.1, -0.05) is 49.8 Å². The lowest BCUT2D eigenvalue weighted by Gasteiger charge is -2.25. The summed E-state index contributed by atoms with van der Waals surface area (Å²) in [5.74, 6) is 1.15. The molecule has 0 spiro atoms. The molecule has 0 atom stereocenters. The maximum Gasteiger partial charge on any atom is 0.174 e. The first-order chi connectivity index (χ1) is 14.9. The van der Waals surface area contributed by atoms with Crippen LogP contribution in [-0.4, -0.2) is 6.17 Å². The van der Waals surface area contributed by atoms with E-state index in [2.05, 4.69) is 11.8 Å². The molecule has 0 aromatic heterocycles. The highest BCUT2D eigenvalue weighted by atomic mass is 19.2. The Morgan fingerprint density at radius 1 is 0.935 bits per heavy atom. The Morgan fingerprint density at radius 3 is 2.26 bits per heavy atom. The number of rotatable bonds is 5. The highest BCUT2D eigenvalue weighted by molar-refractivity contribution is 5.54. The smallest absolute Gasteiger partial charge is 0.174 e. The van der Waals surface area contributed by atoms with Crippen molar-refractivity contribution in [2.45, 2.75) is 64.0 Å². The summed E-state index contributed by atoms with van der Waals surface area (Å²) >= 11 is 0. The van der Waals surface area contributed by atoms with Gasteiger partial charge in [0.2, 0.25) is 0 Å². The number of unbranched alkanes of at least 4 members (excludes halogenated alkanes) is 2. The van der Waals surface area contributed by atoms with Gasteiger partial charge in [0.05, 0.1) is 5.56 Å². The Kier molecular flexibility index (Phi) is 7.90.